The van der Waals surface area contributed by atoms with E-state index < -0.39 is 0 Å². The number of nitrogens with zero attached hydrogens (tertiary/aromatic N) is 2. The van der Waals surface area contributed by atoms with Crippen LogP contribution in [0.2, 0.25) is 0 Å². The summed E-state index contributed by atoms with van der Waals surface area (Å²) in [6.45, 7) is 10.3. The van der Waals surface area contributed by atoms with Crippen LogP contribution >= 0.6 is 0 Å². The highest BCUT2D eigenvalue weighted by Crippen LogP contribution is 2.22. The van der Waals surface area contributed by atoms with Crippen molar-refractivity contribution in [3.8, 4) is 5.75 Å². The van der Waals surface area contributed by atoms with Crippen LogP contribution in [0.1, 0.15) is 19.4 Å². The Kier molecular flexibility index (Phi) is 7.51. The smallest absolute Gasteiger partial charge is 0.191 e. The molecule has 0 bridgehead atoms. The van der Waals surface area contributed by atoms with Crippen molar-refractivity contribution in [2.75, 3.05) is 46.5 Å². The highest BCUT2D eigenvalue weighted by Gasteiger charge is 2.16. The monoisotopic (exact) mass is 384 g/mol. The number of nitrogens with one attached hydrogen (secondary N) is 2. The van der Waals surface area contributed by atoms with Gasteiger partial charge in [-0.25, -0.2) is 4.99 Å². The lowest BCUT2D eigenvalue weighted by atomic mass is 10.1. The van der Waals surface area contributed by atoms with Gasteiger partial charge in [-0.1, -0.05) is 18.2 Å². The van der Waals surface area contributed by atoms with Gasteiger partial charge < -0.3 is 20.1 Å². The molecular formula is C22H32N4O2. The Morgan fingerprint density at radius 2 is 1.89 bits per heavy atom. The lowest BCUT2D eigenvalue weighted by molar-refractivity contribution is 0.0211. The van der Waals surface area contributed by atoms with Gasteiger partial charge in [0.05, 0.1) is 26.9 Å². The van der Waals surface area contributed by atoms with E-state index in [4.69, 9.17) is 14.5 Å². The molecule has 1 fully saturated rings. The Labute approximate surface area is 167 Å². The average molecular weight is 385 g/mol. The van der Waals surface area contributed by atoms with Crippen LogP contribution in [-0.4, -0.2) is 63.4 Å². The standard InChI is InChI=1S/C22H32N4O2/c1-4-23-22(24-15-17(2)26-9-11-28-12-10-26)25-16-18-5-6-20-14-21(27-3)8-7-19(20)13-18/h5-8,13-14,17H,4,9-12,15-16H2,1-3H3,(H2,23,24,25). The molecule has 152 valence electrons. The summed E-state index contributed by atoms with van der Waals surface area (Å²) < 4.78 is 10.7. The van der Waals surface area contributed by atoms with Gasteiger partial charge in [0, 0.05) is 32.2 Å². The predicted octanol–water partition coefficient (Wildman–Crippen LogP) is 2.62. The molecule has 0 amide bonds. The molecule has 6 heteroatoms. The molecule has 1 saturated heterocycles. The first-order valence-electron chi connectivity index (χ1n) is 10.1. The molecule has 0 saturated carbocycles. The summed E-state index contributed by atoms with van der Waals surface area (Å²) in [4.78, 5) is 7.22. The van der Waals surface area contributed by atoms with Crippen molar-refractivity contribution >= 4 is 16.7 Å². The minimum atomic E-state index is 0.448. The number of morpholine rings is 1. The Balaban J connectivity index is 1.60. The molecule has 1 aliphatic rings. The number of guanidine groups is 1. The summed E-state index contributed by atoms with van der Waals surface area (Å²) in [6, 6.07) is 13.0. The highest BCUT2D eigenvalue weighted by atomic mass is 16.5. The molecule has 1 unspecified atom stereocenters. The molecule has 0 spiro atoms. The Hall–Kier alpha value is -2.31. The normalized spacial score (nSPS) is 16.8. The van der Waals surface area contributed by atoms with Crippen molar-refractivity contribution in [2.24, 2.45) is 4.99 Å². The fourth-order valence-electron chi connectivity index (χ4n) is 3.40. The fourth-order valence-corrected chi connectivity index (χ4v) is 3.40. The van der Waals surface area contributed by atoms with Crippen LogP contribution < -0.4 is 15.4 Å². The van der Waals surface area contributed by atoms with Crippen molar-refractivity contribution in [3.05, 3.63) is 42.0 Å². The zero-order valence-electron chi connectivity index (χ0n) is 17.2. The van der Waals surface area contributed by atoms with E-state index in [1.54, 1.807) is 7.11 Å². The lowest BCUT2D eigenvalue weighted by Crippen LogP contribution is -2.49. The van der Waals surface area contributed by atoms with E-state index in [0.29, 0.717) is 12.6 Å². The maximum absolute atomic E-state index is 5.44. The summed E-state index contributed by atoms with van der Waals surface area (Å²) in [5.41, 5.74) is 1.19. The van der Waals surface area contributed by atoms with E-state index >= 15 is 0 Å². The van der Waals surface area contributed by atoms with Gasteiger partial charge in [-0.2, -0.15) is 0 Å². The number of benzene rings is 2. The average Bonchev–Trinajstić information content (AvgIpc) is 2.75. The van der Waals surface area contributed by atoms with Gasteiger partial charge in [0.2, 0.25) is 0 Å². The molecule has 1 atom stereocenters. The molecule has 2 aromatic rings. The second kappa shape index (κ2) is 10.3. The molecule has 0 radical (unpaired) electrons. The van der Waals surface area contributed by atoms with Gasteiger partial charge in [-0.15, -0.1) is 0 Å². The van der Waals surface area contributed by atoms with Crippen molar-refractivity contribution in [2.45, 2.75) is 26.4 Å². The zero-order valence-corrected chi connectivity index (χ0v) is 17.2. The van der Waals surface area contributed by atoms with Crippen LogP contribution in [0.5, 0.6) is 5.75 Å². The van der Waals surface area contributed by atoms with Crippen molar-refractivity contribution in [1.82, 2.24) is 15.5 Å². The van der Waals surface area contributed by atoms with Crippen LogP contribution in [-0.2, 0) is 11.3 Å². The molecule has 0 aliphatic carbocycles. The number of ether oxygens (including phenoxy) is 2. The lowest BCUT2D eigenvalue weighted by Gasteiger charge is -2.32. The van der Waals surface area contributed by atoms with Gasteiger partial charge >= 0.3 is 0 Å². The SMILES string of the molecule is CCNC(=NCc1ccc2cc(OC)ccc2c1)NCC(C)N1CCOCC1. The van der Waals surface area contributed by atoms with Gasteiger partial charge in [0.25, 0.3) is 0 Å². The van der Waals surface area contributed by atoms with Crippen LogP contribution in [0.4, 0.5) is 0 Å². The molecule has 1 aliphatic heterocycles. The molecular weight excluding hydrogens is 352 g/mol. The number of methoxy groups -OCH3 is 1. The van der Waals surface area contributed by atoms with Gasteiger partial charge in [0.15, 0.2) is 5.96 Å². The van der Waals surface area contributed by atoms with E-state index in [1.807, 2.05) is 6.07 Å². The third-order valence-electron chi connectivity index (χ3n) is 5.11. The third-order valence-corrected chi connectivity index (χ3v) is 5.11. The summed E-state index contributed by atoms with van der Waals surface area (Å²) >= 11 is 0. The Morgan fingerprint density at radius 1 is 1.14 bits per heavy atom. The van der Waals surface area contributed by atoms with Crippen molar-refractivity contribution in [3.63, 3.8) is 0 Å². The van der Waals surface area contributed by atoms with Gasteiger partial charge in [-0.3, -0.25) is 4.90 Å². The summed E-state index contributed by atoms with van der Waals surface area (Å²) in [5, 5.41) is 9.20. The first-order valence-corrected chi connectivity index (χ1v) is 10.1. The Bertz CT molecular complexity index is 787. The minimum absolute atomic E-state index is 0.448. The van der Waals surface area contributed by atoms with Gasteiger partial charge in [-0.05, 0) is 48.4 Å². The zero-order chi connectivity index (χ0) is 19.8. The number of hydrogen-bond donors (Lipinski definition) is 2. The van der Waals surface area contributed by atoms with Crippen LogP contribution in [0.15, 0.2) is 41.4 Å². The minimum Gasteiger partial charge on any atom is -0.497 e. The van der Waals surface area contributed by atoms with E-state index in [-0.39, 0.29) is 0 Å². The molecule has 2 aromatic carbocycles. The molecule has 6 nitrogen and oxygen atoms in total. The van der Waals surface area contributed by atoms with Crippen LogP contribution in [0.25, 0.3) is 10.8 Å². The van der Waals surface area contributed by atoms with Crippen LogP contribution in [0, 0.1) is 0 Å². The summed E-state index contributed by atoms with van der Waals surface area (Å²) in [7, 11) is 1.69. The number of aliphatic imine (C=N–C) groups is 1. The second-order valence-electron chi connectivity index (χ2n) is 7.12. The first-order chi connectivity index (χ1) is 13.7. The predicted molar refractivity (Wildman–Crippen MR) is 115 cm³/mol. The number of fused-ring (bicyclic) bond motifs is 1. The van der Waals surface area contributed by atoms with Crippen molar-refractivity contribution in [1.29, 1.82) is 0 Å². The Morgan fingerprint density at radius 3 is 2.64 bits per heavy atom. The topological polar surface area (TPSA) is 58.1 Å². The number of hydrogen-bond acceptors (Lipinski definition) is 4. The number of rotatable bonds is 7. The molecule has 1 heterocycles. The van der Waals surface area contributed by atoms with E-state index in [0.717, 1.165) is 51.1 Å². The van der Waals surface area contributed by atoms with E-state index in [9.17, 15) is 0 Å². The first kappa shape index (κ1) is 20.4. The molecule has 28 heavy (non-hydrogen) atoms. The maximum atomic E-state index is 5.44. The molecule has 2 N–H and O–H groups in total. The van der Waals surface area contributed by atoms with Gasteiger partial charge in [0.1, 0.15) is 5.75 Å². The highest BCUT2D eigenvalue weighted by molar-refractivity contribution is 5.84. The van der Waals surface area contributed by atoms with Crippen LogP contribution in [0.3, 0.4) is 0 Å². The van der Waals surface area contributed by atoms with E-state index in [1.165, 1.54) is 16.3 Å². The molecule has 0 aromatic heterocycles. The summed E-state index contributed by atoms with van der Waals surface area (Å²) in [5.74, 6) is 1.74. The van der Waals surface area contributed by atoms with Crippen molar-refractivity contribution < 1.29 is 9.47 Å². The van der Waals surface area contributed by atoms with E-state index in [2.05, 4.69) is 59.7 Å². The third kappa shape index (κ3) is 5.59. The fraction of sp³-hybridized carbons (Fsp3) is 0.500. The molecule has 3 rings (SSSR count). The summed E-state index contributed by atoms with van der Waals surface area (Å²) in [6.07, 6.45) is 0. The largest absolute Gasteiger partial charge is 0.497 e. The second-order valence-corrected chi connectivity index (χ2v) is 7.12. The quantitative estimate of drug-likeness (QED) is 0.568. The maximum Gasteiger partial charge on any atom is 0.191 e.